The smallest absolute Gasteiger partial charge is 0.154 e. The van der Waals surface area contributed by atoms with Crippen molar-refractivity contribution in [1.82, 2.24) is 19.7 Å². The summed E-state index contributed by atoms with van der Waals surface area (Å²) >= 11 is 0. The topological polar surface area (TPSA) is 108 Å². The summed E-state index contributed by atoms with van der Waals surface area (Å²) in [5.74, 6) is 0.744. The summed E-state index contributed by atoms with van der Waals surface area (Å²) in [6.07, 6.45) is 6.61. The van der Waals surface area contributed by atoms with Gasteiger partial charge in [-0.05, 0) is 50.8 Å². The van der Waals surface area contributed by atoms with Crippen LogP contribution in [0.5, 0.6) is 0 Å². The number of fused-ring (bicyclic) bond motifs is 1. The molecule has 0 spiro atoms. The second-order valence-electron chi connectivity index (χ2n) is 8.29. The van der Waals surface area contributed by atoms with Crippen molar-refractivity contribution >= 4 is 33.8 Å². The van der Waals surface area contributed by atoms with E-state index in [1.54, 1.807) is 24.7 Å². The van der Waals surface area contributed by atoms with Gasteiger partial charge in [-0.1, -0.05) is 0 Å². The van der Waals surface area contributed by atoms with Crippen LogP contribution in [0, 0.1) is 12.7 Å². The molecule has 0 atom stereocenters. The van der Waals surface area contributed by atoms with Gasteiger partial charge in [0, 0.05) is 41.2 Å². The molecule has 0 saturated carbocycles. The third kappa shape index (κ3) is 3.41. The van der Waals surface area contributed by atoms with Crippen molar-refractivity contribution in [3.05, 3.63) is 54.4 Å². The average Bonchev–Trinajstić information content (AvgIpc) is 3.16. The highest BCUT2D eigenvalue weighted by molar-refractivity contribution is 5.98. The quantitative estimate of drug-likeness (QED) is 0.430. The molecule has 0 bridgehead atoms. The van der Waals surface area contributed by atoms with E-state index in [1.165, 1.54) is 0 Å². The van der Waals surface area contributed by atoms with Crippen molar-refractivity contribution in [2.24, 2.45) is 0 Å². The third-order valence-electron chi connectivity index (χ3n) is 5.08. The number of anilines is 4. The Morgan fingerprint density at radius 3 is 2.50 bits per heavy atom. The second-order valence-corrected chi connectivity index (χ2v) is 8.29. The van der Waals surface area contributed by atoms with Gasteiger partial charge in [-0.15, -0.1) is 0 Å². The van der Waals surface area contributed by atoms with E-state index in [-0.39, 0.29) is 11.2 Å². The van der Waals surface area contributed by atoms with Gasteiger partial charge < -0.3 is 16.8 Å². The number of nitrogens with one attached hydrogen (secondary N) is 1. The molecule has 0 saturated heterocycles. The van der Waals surface area contributed by atoms with E-state index in [4.69, 9.17) is 11.5 Å². The molecule has 4 rings (SSSR count). The average molecular weight is 405 g/mol. The molecule has 0 radical (unpaired) electrons. The number of rotatable bonds is 3. The maximum absolute atomic E-state index is 15.0. The maximum atomic E-state index is 15.0. The minimum Gasteiger partial charge on any atom is -0.397 e. The number of aromatic nitrogens is 4. The van der Waals surface area contributed by atoms with E-state index in [1.807, 2.05) is 29.9 Å². The number of hydrogen-bond acceptors (Lipinski definition) is 6. The van der Waals surface area contributed by atoms with Crippen LogP contribution in [0.1, 0.15) is 26.3 Å². The monoisotopic (exact) mass is 405 g/mol. The third-order valence-corrected chi connectivity index (χ3v) is 5.08. The molecule has 30 heavy (non-hydrogen) atoms. The van der Waals surface area contributed by atoms with Crippen molar-refractivity contribution in [2.75, 3.05) is 16.8 Å². The number of nitrogens with two attached hydrogens (primary N) is 2. The number of benzene rings is 1. The Morgan fingerprint density at radius 1 is 1.03 bits per heavy atom. The van der Waals surface area contributed by atoms with E-state index in [9.17, 15) is 0 Å². The Bertz CT molecular complexity index is 1250. The molecule has 0 aliphatic heterocycles. The van der Waals surface area contributed by atoms with Crippen LogP contribution in [0.25, 0.3) is 21.9 Å². The van der Waals surface area contributed by atoms with E-state index >= 15 is 4.39 Å². The van der Waals surface area contributed by atoms with Crippen molar-refractivity contribution in [1.29, 1.82) is 0 Å². The zero-order valence-electron chi connectivity index (χ0n) is 17.4. The summed E-state index contributed by atoms with van der Waals surface area (Å²) in [5, 5.41) is 9.01. The zero-order valence-corrected chi connectivity index (χ0v) is 17.4. The van der Waals surface area contributed by atoms with Crippen LogP contribution in [-0.2, 0) is 5.54 Å². The van der Waals surface area contributed by atoms with Crippen LogP contribution < -0.4 is 16.8 Å². The van der Waals surface area contributed by atoms with Crippen molar-refractivity contribution in [3.63, 3.8) is 0 Å². The Balaban J connectivity index is 1.78. The highest BCUT2D eigenvalue weighted by atomic mass is 19.1. The molecule has 3 heterocycles. The minimum absolute atomic E-state index is 0.0420. The first kappa shape index (κ1) is 19.6. The molecule has 1 aromatic carbocycles. The van der Waals surface area contributed by atoms with Gasteiger partial charge in [-0.2, -0.15) is 5.10 Å². The van der Waals surface area contributed by atoms with Crippen molar-refractivity contribution in [2.45, 2.75) is 33.2 Å². The van der Waals surface area contributed by atoms with E-state index in [2.05, 4.69) is 41.2 Å². The molecule has 0 aliphatic carbocycles. The van der Waals surface area contributed by atoms with Gasteiger partial charge in [0.1, 0.15) is 5.82 Å². The van der Waals surface area contributed by atoms with E-state index < -0.39 is 5.82 Å². The summed E-state index contributed by atoms with van der Waals surface area (Å²) in [5.41, 5.74) is 14.2. The second kappa shape index (κ2) is 6.98. The first-order chi connectivity index (χ1) is 14.1. The van der Waals surface area contributed by atoms with Gasteiger partial charge in [0.05, 0.1) is 23.1 Å². The molecule has 5 N–H and O–H groups in total. The van der Waals surface area contributed by atoms with Gasteiger partial charge in [-0.3, -0.25) is 9.67 Å². The van der Waals surface area contributed by atoms with Crippen LogP contribution >= 0.6 is 0 Å². The fourth-order valence-electron chi connectivity index (χ4n) is 3.27. The van der Waals surface area contributed by atoms with Gasteiger partial charge >= 0.3 is 0 Å². The molecular weight excluding hydrogens is 381 g/mol. The van der Waals surface area contributed by atoms with E-state index in [0.717, 1.165) is 10.9 Å². The molecule has 0 fully saturated rings. The number of pyridine rings is 2. The predicted molar refractivity (Wildman–Crippen MR) is 119 cm³/mol. The molecule has 0 unspecified atom stereocenters. The lowest BCUT2D eigenvalue weighted by Crippen LogP contribution is -2.22. The fourth-order valence-corrected chi connectivity index (χ4v) is 3.27. The number of hydrogen-bond donors (Lipinski definition) is 3. The van der Waals surface area contributed by atoms with Crippen LogP contribution in [0.4, 0.5) is 27.4 Å². The molecule has 154 valence electrons. The van der Waals surface area contributed by atoms with Gasteiger partial charge in [0.2, 0.25) is 0 Å². The largest absolute Gasteiger partial charge is 0.397 e. The zero-order chi connectivity index (χ0) is 21.6. The standard InChI is InChI=1S/C22H24FN7/c1-12-15(9-26-11-17(12)24)14-7-13-8-19(27-10-16(13)21(25)20(14)23)28-18-5-6-30(29-18)22(2,3)4/h5-11H,24-25H2,1-4H3,(H,27,28,29). The van der Waals surface area contributed by atoms with Gasteiger partial charge in [0.25, 0.3) is 0 Å². The van der Waals surface area contributed by atoms with Crippen LogP contribution in [0.15, 0.2) is 43.0 Å². The van der Waals surface area contributed by atoms with Crippen molar-refractivity contribution in [3.8, 4) is 11.1 Å². The Kier molecular flexibility index (Phi) is 4.57. The molecular formula is C22H24FN7. The van der Waals surface area contributed by atoms with Gasteiger partial charge in [0.15, 0.2) is 11.6 Å². The van der Waals surface area contributed by atoms with Gasteiger partial charge in [-0.25, -0.2) is 9.37 Å². The maximum Gasteiger partial charge on any atom is 0.154 e. The lowest BCUT2D eigenvalue weighted by atomic mass is 9.97. The van der Waals surface area contributed by atoms with Crippen molar-refractivity contribution < 1.29 is 4.39 Å². The molecule has 0 amide bonds. The Hall–Kier alpha value is -3.68. The molecule has 4 aromatic rings. The summed E-state index contributed by atoms with van der Waals surface area (Å²) in [6.45, 7) is 8.05. The summed E-state index contributed by atoms with van der Waals surface area (Å²) in [4.78, 5) is 8.47. The SMILES string of the molecule is Cc1c(N)cncc1-c1cc2cc(Nc3ccn(C(C)(C)C)n3)ncc2c(N)c1F. The fraction of sp³-hybridized carbons (Fsp3) is 0.227. The van der Waals surface area contributed by atoms with Crippen LogP contribution in [0.3, 0.4) is 0 Å². The normalized spacial score (nSPS) is 11.8. The molecule has 3 aromatic heterocycles. The predicted octanol–water partition coefficient (Wildman–Crippen LogP) is 4.60. The molecule has 7 nitrogen and oxygen atoms in total. The summed E-state index contributed by atoms with van der Waals surface area (Å²) in [7, 11) is 0. The lowest BCUT2D eigenvalue weighted by Gasteiger charge is -2.18. The molecule has 0 aliphatic rings. The number of nitrogens with zero attached hydrogens (tertiary/aromatic N) is 4. The van der Waals surface area contributed by atoms with Crippen LogP contribution in [0.2, 0.25) is 0 Å². The minimum atomic E-state index is -0.510. The summed E-state index contributed by atoms with van der Waals surface area (Å²) < 4.78 is 16.9. The number of halogens is 1. The first-order valence-electron chi connectivity index (χ1n) is 9.56. The Morgan fingerprint density at radius 2 is 1.80 bits per heavy atom. The van der Waals surface area contributed by atoms with Crippen LogP contribution in [-0.4, -0.2) is 19.7 Å². The lowest BCUT2D eigenvalue weighted by molar-refractivity contribution is 0.356. The molecule has 8 heteroatoms. The van der Waals surface area contributed by atoms with E-state index in [0.29, 0.717) is 33.8 Å². The summed E-state index contributed by atoms with van der Waals surface area (Å²) in [6, 6.07) is 5.44. The first-order valence-corrected chi connectivity index (χ1v) is 9.56. The Labute approximate surface area is 173 Å². The highest BCUT2D eigenvalue weighted by Gasteiger charge is 2.17. The number of nitrogen functional groups attached to an aromatic ring is 2. The highest BCUT2D eigenvalue weighted by Crippen LogP contribution is 2.36.